The molecule has 7 rings (SSSR count). The van der Waals surface area contributed by atoms with Gasteiger partial charge >= 0.3 is 0 Å². The molecule has 0 bridgehead atoms. The summed E-state index contributed by atoms with van der Waals surface area (Å²) < 4.78 is 0. The number of aromatic amines is 1. The first-order valence-electron chi connectivity index (χ1n) is 10.8. The lowest BCUT2D eigenvalue weighted by molar-refractivity contribution is 0.712. The predicted molar refractivity (Wildman–Crippen MR) is 134 cm³/mol. The van der Waals surface area contributed by atoms with E-state index in [1.807, 2.05) is 30.3 Å². The lowest BCUT2D eigenvalue weighted by Crippen LogP contribution is -2.18. The van der Waals surface area contributed by atoms with Gasteiger partial charge in [-0.1, -0.05) is 72.0 Å². The van der Waals surface area contributed by atoms with Crippen LogP contribution in [0, 0.1) is 0 Å². The molecule has 0 amide bonds. The number of hydrogen-bond acceptors (Lipinski definition) is 6. The van der Waals surface area contributed by atoms with Crippen LogP contribution in [0.3, 0.4) is 0 Å². The Kier molecular flexibility index (Phi) is 4.04. The number of hydrogen-bond donors (Lipinski definition) is 1. The number of fused-ring (bicyclic) bond motifs is 3. The number of anilines is 1. The van der Waals surface area contributed by atoms with E-state index in [2.05, 4.69) is 64.7 Å². The Morgan fingerprint density at radius 1 is 0.818 bits per heavy atom. The van der Waals surface area contributed by atoms with Crippen LogP contribution in [-0.2, 0) is 0 Å². The average Bonchev–Trinajstić information content (AvgIpc) is 3.58. The fourth-order valence-electron chi connectivity index (χ4n) is 4.52. The van der Waals surface area contributed by atoms with Gasteiger partial charge in [0.1, 0.15) is 0 Å². The van der Waals surface area contributed by atoms with Crippen molar-refractivity contribution in [3.05, 3.63) is 96.2 Å². The summed E-state index contributed by atoms with van der Waals surface area (Å²) in [5, 5.41) is 9.13. The fourth-order valence-corrected chi connectivity index (χ4v) is 5.41. The van der Waals surface area contributed by atoms with Crippen LogP contribution in [0.15, 0.2) is 90.2 Å². The normalized spacial score (nSPS) is 16.2. The molecular weight excluding hydrogens is 428 g/mol. The van der Waals surface area contributed by atoms with Crippen LogP contribution in [-0.4, -0.2) is 25.6 Å². The lowest BCUT2D eigenvalue weighted by Gasteiger charge is -2.20. The van der Waals surface area contributed by atoms with Crippen molar-refractivity contribution in [2.75, 3.05) is 5.01 Å². The second-order valence-corrected chi connectivity index (χ2v) is 9.06. The van der Waals surface area contributed by atoms with Crippen LogP contribution >= 0.6 is 11.3 Å². The molecule has 4 heterocycles. The molecule has 0 spiro atoms. The summed E-state index contributed by atoms with van der Waals surface area (Å²) in [6.45, 7) is 0. The van der Waals surface area contributed by atoms with Gasteiger partial charge < -0.3 is 4.98 Å². The first-order valence-corrected chi connectivity index (χ1v) is 11.7. The maximum absolute atomic E-state index is 5.07. The maximum Gasteiger partial charge on any atom is 0.210 e. The van der Waals surface area contributed by atoms with Crippen molar-refractivity contribution in [3.8, 4) is 0 Å². The molecule has 0 saturated carbocycles. The monoisotopic (exact) mass is 446 g/mol. The number of H-pyrrole nitrogens is 1. The van der Waals surface area contributed by atoms with E-state index in [1.165, 1.54) is 22.3 Å². The van der Waals surface area contributed by atoms with Gasteiger partial charge in [0, 0.05) is 29.1 Å². The van der Waals surface area contributed by atoms with Crippen LogP contribution in [0.1, 0.15) is 23.6 Å². The topological polar surface area (TPSA) is 70.1 Å². The Bertz CT molecular complexity index is 1610. The molecule has 33 heavy (non-hydrogen) atoms. The molecule has 1 N–H and O–H groups in total. The van der Waals surface area contributed by atoms with E-state index in [-0.39, 0.29) is 6.04 Å². The van der Waals surface area contributed by atoms with Crippen molar-refractivity contribution < 1.29 is 0 Å². The number of thiazole rings is 1. The molecule has 3 aromatic heterocycles. The minimum atomic E-state index is 0.0336. The fraction of sp³-hybridized carbons (Fsp3) is 0.0769. The number of nitrogens with one attached hydrogen (secondary N) is 1. The van der Waals surface area contributed by atoms with Gasteiger partial charge in [0.05, 0.1) is 22.8 Å². The highest BCUT2D eigenvalue weighted by molar-refractivity contribution is 7.21. The van der Waals surface area contributed by atoms with E-state index in [4.69, 9.17) is 20.1 Å². The average molecular weight is 447 g/mol. The number of rotatable bonds is 3. The Morgan fingerprint density at radius 3 is 2.45 bits per heavy atom. The van der Waals surface area contributed by atoms with Gasteiger partial charge in [0.25, 0.3) is 0 Å². The highest BCUT2D eigenvalue weighted by Gasteiger charge is 2.33. The van der Waals surface area contributed by atoms with Gasteiger partial charge in [-0.2, -0.15) is 10.1 Å². The first kappa shape index (κ1) is 18.5. The summed E-state index contributed by atoms with van der Waals surface area (Å²) in [6.07, 6.45) is 2.90. The van der Waals surface area contributed by atoms with E-state index < -0.39 is 0 Å². The smallest absolute Gasteiger partial charge is 0.210 e. The SMILES string of the molecule is c1ccc(C2=NN(c3nc4nc5ccccc5nc4s3)C(c3c[nH]c4ccccc34)C2)cc1. The maximum atomic E-state index is 5.07. The number of hydrazone groups is 1. The molecule has 7 heteroatoms. The van der Waals surface area contributed by atoms with Gasteiger partial charge in [-0.3, -0.25) is 0 Å². The minimum Gasteiger partial charge on any atom is -0.361 e. The zero-order chi connectivity index (χ0) is 21.8. The first-order chi connectivity index (χ1) is 16.3. The van der Waals surface area contributed by atoms with Crippen molar-refractivity contribution in [2.45, 2.75) is 12.5 Å². The Morgan fingerprint density at radius 2 is 1.58 bits per heavy atom. The molecule has 6 nitrogen and oxygen atoms in total. The molecular formula is C26H18N6S. The van der Waals surface area contributed by atoms with Crippen LogP contribution in [0.4, 0.5) is 5.13 Å². The van der Waals surface area contributed by atoms with Crippen molar-refractivity contribution in [1.29, 1.82) is 0 Å². The third kappa shape index (κ3) is 3.01. The van der Waals surface area contributed by atoms with Crippen LogP contribution < -0.4 is 5.01 Å². The molecule has 1 aliphatic rings. The number of aromatic nitrogens is 4. The molecule has 0 radical (unpaired) electrons. The number of para-hydroxylation sites is 3. The summed E-state index contributed by atoms with van der Waals surface area (Å²) in [5.74, 6) is 0. The number of benzene rings is 3. The van der Waals surface area contributed by atoms with Crippen LogP contribution in [0.25, 0.3) is 32.4 Å². The zero-order valence-electron chi connectivity index (χ0n) is 17.5. The summed E-state index contributed by atoms with van der Waals surface area (Å²) in [4.78, 5) is 18.6. The summed E-state index contributed by atoms with van der Waals surface area (Å²) in [6, 6.07) is 26.7. The molecule has 1 aliphatic heterocycles. The van der Waals surface area contributed by atoms with E-state index >= 15 is 0 Å². The van der Waals surface area contributed by atoms with E-state index in [0.29, 0.717) is 5.65 Å². The quantitative estimate of drug-likeness (QED) is 0.358. The third-order valence-electron chi connectivity index (χ3n) is 6.10. The number of nitrogens with zero attached hydrogens (tertiary/aromatic N) is 5. The summed E-state index contributed by atoms with van der Waals surface area (Å²) in [7, 11) is 0. The molecule has 0 aliphatic carbocycles. The molecule has 1 atom stereocenters. The predicted octanol–water partition coefficient (Wildman–Crippen LogP) is 6.08. The molecule has 0 fully saturated rings. The van der Waals surface area contributed by atoms with E-state index in [1.54, 1.807) is 0 Å². The van der Waals surface area contributed by atoms with E-state index in [0.717, 1.165) is 44.2 Å². The highest BCUT2D eigenvalue weighted by atomic mass is 32.1. The van der Waals surface area contributed by atoms with Crippen molar-refractivity contribution in [1.82, 2.24) is 19.9 Å². The Labute approximate surface area is 193 Å². The third-order valence-corrected chi connectivity index (χ3v) is 7.03. The van der Waals surface area contributed by atoms with Gasteiger partial charge in [-0.05, 0) is 23.8 Å². The standard InChI is InChI=1S/C26H18N6S/c1-2-8-16(9-3-1)22-14-23(18-15-27-19-11-5-4-10-17(18)19)32(31-22)26-30-24-25(33-26)29-21-13-7-6-12-20(21)28-24/h1-13,15,23,27H,14H2. The minimum absolute atomic E-state index is 0.0336. The van der Waals surface area contributed by atoms with Crippen molar-refractivity contribution in [3.63, 3.8) is 0 Å². The van der Waals surface area contributed by atoms with Crippen molar-refractivity contribution in [2.24, 2.45) is 5.10 Å². The second kappa shape index (κ2) is 7.21. The van der Waals surface area contributed by atoms with Gasteiger partial charge in [-0.15, -0.1) is 0 Å². The van der Waals surface area contributed by atoms with E-state index in [9.17, 15) is 0 Å². The second-order valence-electron chi connectivity index (χ2n) is 8.10. The molecule has 158 valence electrons. The Balaban J connectivity index is 1.39. The molecule has 3 aromatic carbocycles. The summed E-state index contributed by atoms with van der Waals surface area (Å²) in [5.41, 5.74) is 6.91. The lowest BCUT2D eigenvalue weighted by atomic mass is 9.98. The van der Waals surface area contributed by atoms with Crippen LogP contribution in [0.2, 0.25) is 0 Å². The molecule has 6 aromatic rings. The Hall–Kier alpha value is -4.10. The molecule has 1 unspecified atom stereocenters. The highest BCUT2D eigenvalue weighted by Crippen LogP contribution is 2.41. The molecule has 0 saturated heterocycles. The van der Waals surface area contributed by atoms with Gasteiger partial charge in [0.2, 0.25) is 5.13 Å². The van der Waals surface area contributed by atoms with Crippen LogP contribution in [0.5, 0.6) is 0 Å². The van der Waals surface area contributed by atoms with Gasteiger partial charge in [0.15, 0.2) is 10.5 Å². The summed E-state index contributed by atoms with van der Waals surface area (Å²) >= 11 is 1.54. The largest absolute Gasteiger partial charge is 0.361 e. The van der Waals surface area contributed by atoms with Crippen molar-refractivity contribution >= 4 is 54.6 Å². The zero-order valence-corrected chi connectivity index (χ0v) is 18.3. The van der Waals surface area contributed by atoms with Gasteiger partial charge in [-0.25, -0.2) is 15.0 Å².